The number of likely N-dealkylation sites (tertiary alicyclic amines) is 1. The van der Waals surface area contributed by atoms with E-state index in [9.17, 15) is 4.79 Å². The van der Waals surface area contributed by atoms with E-state index >= 15 is 0 Å². The maximum absolute atomic E-state index is 11.9. The third kappa shape index (κ3) is 6.22. The first-order valence-corrected chi connectivity index (χ1v) is 11.1. The van der Waals surface area contributed by atoms with Gasteiger partial charge >= 0.3 is 0 Å². The number of nitrogens with one attached hydrogen (secondary N) is 1. The highest BCUT2D eigenvalue weighted by molar-refractivity contribution is 14.0. The van der Waals surface area contributed by atoms with Crippen LogP contribution in [0.3, 0.4) is 0 Å². The zero-order chi connectivity index (χ0) is 21.6. The van der Waals surface area contributed by atoms with Crippen LogP contribution in [0, 0.1) is 0 Å². The number of aliphatic imine (C=N–C) groups is 1. The summed E-state index contributed by atoms with van der Waals surface area (Å²) in [7, 11) is 1.92. The molecule has 32 heavy (non-hydrogen) atoms. The van der Waals surface area contributed by atoms with Crippen LogP contribution in [0.2, 0.25) is 0 Å². The van der Waals surface area contributed by atoms with Crippen molar-refractivity contribution in [3.05, 3.63) is 53.3 Å². The van der Waals surface area contributed by atoms with E-state index in [-0.39, 0.29) is 36.0 Å². The van der Waals surface area contributed by atoms with Gasteiger partial charge < -0.3 is 19.9 Å². The highest BCUT2D eigenvalue weighted by Crippen LogP contribution is 2.22. The Labute approximate surface area is 207 Å². The molecule has 0 aliphatic carbocycles. The second-order valence-corrected chi connectivity index (χ2v) is 8.16. The monoisotopic (exact) mass is 552 g/mol. The number of amides is 1. The van der Waals surface area contributed by atoms with Gasteiger partial charge in [-0.2, -0.15) is 5.10 Å². The largest absolute Gasteiger partial charge is 0.370 e. The Hall–Kier alpha value is -2.14. The van der Waals surface area contributed by atoms with Crippen LogP contribution in [-0.2, 0) is 29.7 Å². The van der Waals surface area contributed by atoms with Crippen LogP contribution in [-0.4, -0.2) is 64.2 Å². The molecule has 2 fully saturated rings. The van der Waals surface area contributed by atoms with Crippen molar-refractivity contribution in [2.45, 2.75) is 39.0 Å². The van der Waals surface area contributed by atoms with Crippen LogP contribution >= 0.6 is 24.0 Å². The molecule has 2 aliphatic heterocycles. The lowest BCUT2D eigenvalue weighted by molar-refractivity contribution is -0.128. The van der Waals surface area contributed by atoms with Crippen molar-refractivity contribution < 1.29 is 9.53 Å². The lowest BCUT2D eigenvalue weighted by Gasteiger charge is -2.34. The molecule has 1 unspecified atom stereocenters. The molecule has 8 nitrogen and oxygen atoms in total. The molecule has 174 valence electrons. The molecular weight excluding hydrogens is 519 g/mol. The first kappa shape index (κ1) is 24.5. The summed E-state index contributed by atoms with van der Waals surface area (Å²) in [5.41, 5.74) is 3.40. The van der Waals surface area contributed by atoms with Crippen molar-refractivity contribution in [1.29, 1.82) is 0 Å². The number of halogens is 1. The number of rotatable bonds is 6. The van der Waals surface area contributed by atoms with Crippen LogP contribution < -0.4 is 5.32 Å². The highest BCUT2D eigenvalue weighted by Gasteiger charge is 2.25. The number of guanidine groups is 1. The summed E-state index contributed by atoms with van der Waals surface area (Å²) in [6, 6.07) is 8.40. The fourth-order valence-electron chi connectivity index (χ4n) is 4.16. The van der Waals surface area contributed by atoms with Crippen LogP contribution in [0.25, 0.3) is 0 Å². The van der Waals surface area contributed by atoms with E-state index in [1.807, 2.05) is 24.3 Å². The molecule has 1 amide bonds. The SMILES string of the molecule is CCNC(=NCc1cccc(CN2CCCC2=O)c1)N1CCOC(c2cnn(C)c2)C1.I. The van der Waals surface area contributed by atoms with E-state index in [0.29, 0.717) is 26.1 Å². The van der Waals surface area contributed by atoms with Crippen molar-refractivity contribution in [1.82, 2.24) is 24.9 Å². The van der Waals surface area contributed by atoms with Gasteiger partial charge in [0.15, 0.2) is 5.96 Å². The molecule has 1 N–H and O–H groups in total. The lowest BCUT2D eigenvalue weighted by atomic mass is 10.1. The number of carbonyl (C=O) groups is 1. The molecule has 2 saturated heterocycles. The van der Waals surface area contributed by atoms with E-state index in [1.54, 1.807) is 4.68 Å². The number of hydrogen-bond donors (Lipinski definition) is 1. The number of carbonyl (C=O) groups excluding carboxylic acids is 1. The minimum atomic E-state index is -0.00682. The summed E-state index contributed by atoms with van der Waals surface area (Å²) in [4.78, 5) is 21.0. The van der Waals surface area contributed by atoms with E-state index in [4.69, 9.17) is 9.73 Å². The second kappa shape index (κ2) is 11.6. The average Bonchev–Trinajstić information content (AvgIpc) is 3.40. The van der Waals surface area contributed by atoms with Crippen LogP contribution in [0.15, 0.2) is 41.7 Å². The highest BCUT2D eigenvalue weighted by atomic mass is 127. The number of aromatic nitrogens is 2. The summed E-state index contributed by atoms with van der Waals surface area (Å²) < 4.78 is 7.78. The second-order valence-electron chi connectivity index (χ2n) is 8.16. The van der Waals surface area contributed by atoms with Crippen LogP contribution in [0.4, 0.5) is 0 Å². The fourth-order valence-corrected chi connectivity index (χ4v) is 4.16. The van der Waals surface area contributed by atoms with Crippen LogP contribution in [0.1, 0.15) is 42.6 Å². The average molecular weight is 552 g/mol. The smallest absolute Gasteiger partial charge is 0.222 e. The minimum Gasteiger partial charge on any atom is -0.370 e. The molecule has 9 heteroatoms. The van der Waals surface area contributed by atoms with Gasteiger partial charge in [0.1, 0.15) is 6.10 Å². The van der Waals surface area contributed by atoms with Gasteiger partial charge in [-0.1, -0.05) is 24.3 Å². The van der Waals surface area contributed by atoms with Crippen LogP contribution in [0.5, 0.6) is 0 Å². The summed E-state index contributed by atoms with van der Waals surface area (Å²) in [5, 5.41) is 7.70. The predicted octanol–water partition coefficient (Wildman–Crippen LogP) is 2.70. The Kier molecular flexibility index (Phi) is 8.92. The van der Waals surface area contributed by atoms with Crippen molar-refractivity contribution in [2.24, 2.45) is 12.0 Å². The quantitative estimate of drug-likeness (QED) is 0.339. The first-order chi connectivity index (χ1) is 15.1. The van der Waals surface area contributed by atoms with Gasteiger partial charge in [-0.05, 0) is 24.5 Å². The normalized spacial score (nSPS) is 19.2. The minimum absolute atomic E-state index is 0. The predicted molar refractivity (Wildman–Crippen MR) is 135 cm³/mol. The number of nitrogens with zero attached hydrogens (tertiary/aromatic N) is 5. The molecule has 0 saturated carbocycles. The van der Waals surface area contributed by atoms with Gasteiger partial charge in [0.2, 0.25) is 5.91 Å². The van der Waals surface area contributed by atoms with Crippen molar-refractivity contribution in [3.63, 3.8) is 0 Å². The van der Waals surface area contributed by atoms with Gasteiger partial charge in [-0.25, -0.2) is 4.99 Å². The summed E-state index contributed by atoms with van der Waals surface area (Å²) in [6.07, 6.45) is 5.51. The molecule has 3 heterocycles. The van der Waals surface area contributed by atoms with Gasteiger partial charge in [0.05, 0.1) is 25.9 Å². The number of morpholine rings is 1. The molecule has 2 aliphatic rings. The summed E-state index contributed by atoms with van der Waals surface area (Å²) in [6.45, 7) is 7.25. The fraction of sp³-hybridized carbons (Fsp3) is 0.522. The first-order valence-electron chi connectivity index (χ1n) is 11.1. The Balaban J connectivity index is 0.00000289. The van der Waals surface area contributed by atoms with Crippen molar-refractivity contribution in [3.8, 4) is 0 Å². The molecule has 0 bridgehead atoms. The molecule has 1 aromatic heterocycles. The zero-order valence-electron chi connectivity index (χ0n) is 18.9. The van der Waals surface area contributed by atoms with Gasteiger partial charge in [-0.3, -0.25) is 9.48 Å². The van der Waals surface area contributed by atoms with E-state index in [1.165, 1.54) is 0 Å². The molecule has 2 aromatic rings. The molecular formula is C23H33IN6O2. The molecule has 0 radical (unpaired) electrons. The topological polar surface area (TPSA) is 75.0 Å². The lowest BCUT2D eigenvalue weighted by Crippen LogP contribution is -2.48. The Bertz CT molecular complexity index is 931. The van der Waals surface area contributed by atoms with Gasteiger partial charge in [0.25, 0.3) is 0 Å². The number of aryl methyl sites for hydroxylation is 1. The number of hydrogen-bond acceptors (Lipinski definition) is 4. The van der Waals surface area contributed by atoms with Crippen molar-refractivity contribution >= 4 is 35.8 Å². The Morgan fingerprint density at radius 3 is 2.88 bits per heavy atom. The third-order valence-corrected chi connectivity index (χ3v) is 5.75. The van der Waals surface area contributed by atoms with E-state index < -0.39 is 0 Å². The van der Waals surface area contributed by atoms with Gasteiger partial charge in [-0.15, -0.1) is 24.0 Å². The van der Waals surface area contributed by atoms with Gasteiger partial charge in [0, 0.05) is 51.4 Å². The standard InChI is InChI=1S/C23H32N6O2.HI/c1-3-24-23(29-10-11-31-21(17-29)20-14-26-27(2)16-20)25-13-18-6-4-7-19(12-18)15-28-9-5-8-22(28)30;/h4,6-7,12,14,16,21H,3,5,8-11,13,15,17H2,1-2H3,(H,24,25);1H. The molecule has 4 rings (SSSR count). The summed E-state index contributed by atoms with van der Waals surface area (Å²) >= 11 is 0. The molecule has 1 aromatic carbocycles. The van der Waals surface area contributed by atoms with E-state index in [2.05, 4.69) is 46.5 Å². The third-order valence-electron chi connectivity index (χ3n) is 5.75. The van der Waals surface area contributed by atoms with E-state index in [0.717, 1.165) is 55.2 Å². The molecule has 1 atom stereocenters. The Morgan fingerprint density at radius 2 is 2.16 bits per heavy atom. The number of benzene rings is 1. The maximum Gasteiger partial charge on any atom is 0.222 e. The zero-order valence-corrected chi connectivity index (χ0v) is 21.2. The summed E-state index contributed by atoms with van der Waals surface area (Å²) in [5.74, 6) is 1.16. The van der Waals surface area contributed by atoms with Crippen molar-refractivity contribution in [2.75, 3.05) is 32.8 Å². The number of ether oxygens (including phenoxy) is 1. The Morgan fingerprint density at radius 1 is 1.31 bits per heavy atom. The molecule has 0 spiro atoms. The maximum atomic E-state index is 11.9.